The van der Waals surface area contributed by atoms with Crippen LogP contribution >= 0.6 is 0 Å². The minimum absolute atomic E-state index is 0.220. The third-order valence-electron chi connectivity index (χ3n) is 3.73. The molecule has 0 aliphatic carbocycles. The summed E-state index contributed by atoms with van der Waals surface area (Å²) in [6, 6.07) is 7.82. The number of aryl methyl sites for hydroxylation is 2. The molecule has 124 valence electrons. The minimum atomic E-state index is -0.348. The summed E-state index contributed by atoms with van der Waals surface area (Å²) in [4.78, 5) is 12.2. The molecule has 0 radical (unpaired) electrons. The predicted molar refractivity (Wildman–Crippen MR) is 86.4 cm³/mol. The van der Waals surface area contributed by atoms with E-state index in [0.29, 0.717) is 23.7 Å². The summed E-state index contributed by atoms with van der Waals surface area (Å²) >= 11 is 0. The summed E-state index contributed by atoms with van der Waals surface area (Å²) < 4.78 is 19.7. The highest BCUT2D eigenvalue weighted by Gasteiger charge is 2.17. The Kier molecular flexibility index (Phi) is 4.16. The third kappa shape index (κ3) is 3.19. The zero-order valence-electron chi connectivity index (χ0n) is 13.6. The van der Waals surface area contributed by atoms with Crippen molar-refractivity contribution in [3.63, 3.8) is 0 Å². The van der Waals surface area contributed by atoms with Gasteiger partial charge in [0.1, 0.15) is 11.6 Å². The fourth-order valence-electron chi connectivity index (χ4n) is 2.45. The van der Waals surface area contributed by atoms with E-state index < -0.39 is 0 Å². The van der Waals surface area contributed by atoms with Gasteiger partial charge < -0.3 is 9.84 Å². The number of carbonyl (C=O) groups excluding carboxylic acids is 1. The number of benzene rings is 1. The zero-order chi connectivity index (χ0) is 17.3. The molecule has 0 unspecified atom stereocenters. The summed E-state index contributed by atoms with van der Waals surface area (Å²) in [7, 11) is 0. The molecular formula is C17H17FN4O2. The molecule has 0 aliphatic rings. The number of hydrogen-bond donors (Lipinski definition) is 1. The predicted octanol–water partition coefficient (Wildman–Crippen LogP) is 3.24. The number of nitrogens with zero attached hydrogens (tertiary/aromatic N) is 3. The van der Waals surface area contributed by atoms with E-state index in [2.05, 4.69) is 15.6 Å². The molecule has 1 aromatic carbocycles. The molecule has 1 N–H and O–H groups in total. The molecule has 1 amide bonds. The molecule has 6 nitrogen and oxygen atoms in total. The molecule has 0 saturated carbocycles. The lowest BCUT2D eigenvalue weighted by molar-refractivity contribution is 0.101. The summed E-state index contributed by atoms with van der Waals surface area (Å²) in [6.45, 7) is 5.90. The van der Waals surface area contributed by atoms with Gasteiger partial charge in [-0.3, -0.25) is 9.48 Å². The van der Waals surface area contributed by atoms with E-state index in [9.17, 15) is 9.18 Å². The Labute approximate surface area is 138 Å². The lowest BCUT2D eigenvalue weighted by atomic mass is 10.2. The standard InChI is InChI=1S/C17H17FN4O2/c1-10-8-15(21-24-10)17(23)19-16-11(2)20-22(12(16)3)9-13-4-6-14(18)7-5-13/h4-8H,9H2,1-3H3,(H,19,23). The maximum atomic E-state index is 13.0. The minimum Gasteiger partial charge on any atom is -0.361 e. The Balaban J connectivity index is 1.81. The van der Waals surface area contributed by atoms with Gasteiger partial charge in [0.15, 0.2) is 5.69 Å². The summed E-state index contributed by atoms with van der Waals surface area (Å²) in [5.41, 5.74) is 3.29. The number of anilines is 1. The van der Waals surface area contributed by atoms with Crippen LogP contribution in [0.3, 0.4) is 0 Å². The fourth-order valence-corrected chi connectivity index (χ4v) is 2.45. The number of rotatable bonds is 4. The van der Waals surface area contributed by atoms with Crippen molar-refractivity contribution < 1.29 is 13.7 Å². The molecule has 3 aromatic rings. The van der Waals surface area contributed by atoms with E-state index in [1.807, 2.05) is 13.8 Å². The van der Waals surface area contributed by atoms with Gasteiger partial charge in [-0.1, -0.05) is 17.3 Å². The third-order valence-corrected chi connectivity index (χ3v) is 3.73. The van der Waals surface area contributed by atoms with E-state index in [-0.39, 0.29) is 17.4 Å². The van der Waals surface area contributed by atoms with Gasteiger partial charge >= 0.3 is 0 Å². The van der Waals surface area contributed by atoms with Gasteiger partial charge in [0, 0.05) is 6.07 Å². The first-order chi connectivity index (χ1) is 11.4. The van der Waals surface area contributed by atoms with Crippen LogP contribution in [-0.2, 0) is 6.54 Å². The Morgan fingerprint density at radius 2 is 1.96 bits per heavy atom. The highest BCUT2D eigenvalue weighted by Crippen LogP contribution is 2.21. The number of hydrogen-bond acceptors (Lipinski definition) is 4. The highest BCUT2D eigenvalue weighted by molar-refractivity contribution is 6.03. The van der Waals surface area contributed by atoms with Gasteiger partial charge in [-0.05, 0) is 38.5 Å². The summed E-state index contributed by atoms with van der Waals surface area (Å²) in [5.74, 6) is -0.0528. The number of halogens is 1. The number of nitrogens with one attached hydrogen (secondary N) is 1. The van der Waals surface area contributed by atoms with E-state index in [4.69, 9.17) is 4.52 Å². The molecule has 0 aliphatic heterocycles. The molecule has 0 atom stereocenters. The van der Waals surface area contributed by atoms with Crippen molar-refractivity contribution in [2.24, 2.45) is 0 Å². The van der Waals surface area contributed by atoms with E-state index >= 15 is 0 Å². The quantitative estimate of drug-likeness (QED) is 0.798. The molecule has 2 heterocycles. The summed E-state index contributed by atoms with van der Waals surface area (Å²) in [5, 5.41) is 11.0. The largest absolute Gasteiger partial charge is 0.361 e. The van der Waals surface area contributed by atoms with Gasteiger partial charge in [-0.15, -0.1) is 0 Å². The Hall–Kier alpha value is -2.96. The normalized spacial score (nSPS) is 10.8. The Morgan fingerprint density at radius 3 is 2.58 bits per heavy atom. The molecule has 0 saturated heterocycles. The molecule has 24 heavy (non-hydrogen) atoms. The molecule has 0 fully saturated rings. The first-order valence-corrected chi connectivity index (χ1v) is 7.47. The van der Waals surface area contributed by atoms with Gasteiger partial charge in [0.25, 0.3) is 5.91 Å². The lowest BCUT2D eigenvalue weighted by Gasteiger charge is -2.06. The molecular weight excluding hydrogens is 311 g/mol. The van der Waals surface area contributed by atoms with E-state index in [0.717, 1.165) is 11.3 Å². The van der Waals surface area contributed by atoms with Crippen LogP contribution in [0.15, 0.2) is 34.9 Å². The molecule has 0 spiro atoms. The van der Waals surface area contributed by atoms with Crippen molar-refractivity contribution in [2.45, 2.75) is 27.3 Å². The van der Waals surface area contributed by atoms with Crippen LogP contribution in [0.1, 0.15) is 33.2 Å². The molecule has 2 aromatic heterocycles. The summed E-state index contributed by atoms with van der Waals surface area (Å²) in [6.07, 6.45) is 0. The first-order valence-electron chi connectivity index (χ1n) is 7.47. The van der Waals surface area contributed by atoms with Crippen molar-refractivity contribution >= 4 is 11.6 Å². The van der Waals surface area contributed by atoms with Crippen LogP contribution in [0.25, 0.3) is 0 Å². The van der Waals surface area contributed by atoms with Crippen LogP contribution in [-0.4, -0.2) is 20.8 Å². The topological polar surface area (TPSA) is 73.0 Å². The van der Waals surface area contributed by atoms with Crippen LogP contribution in [0.2, 0.25) is 0 Å². The van der Waals surface area contributed by atoms with Crippen LogP contribution < -0.4 is 5.32 Å². The second kappa shape index (κ2) is 6.27. The molecule has 3 rings (SSSR count). The van der Waals surface area contributed by atoms with Crippen LogP contribution in [0, 0.1) is 26.6 Å². The fraction of sp³-hybridized carbons (Fsp3) is 0.235. The zero-order valence-corrected chi connectivity index (χ0v) is 13.6. The Morgan fingerprint density at radius 1 is 1.25 bits per heavy atom. The van der Waals surface area contributed by atoms with Crippen molar-refractivity contribution in [1.82, 2.24) is 14.9 Å². The lowest BCUT2D eigenvalue weighted by Crippen LogP contribution is -2.13. The SMILES string of the molecule is Cc1cc(C(=O)Nc2c(C)nn(Cc3ccc(F)cc3)c2C)no1. The first kappa shape index (κ1) is 15.9. The molecule has 7 heteroatoms. The van der Waals surface area contributed by atoms with Gasteiger partial charge in [-0.2, -0.15) is 5.10 Å². The maximum Gasteiger partial charge on any atom is 0.277 e. The highest BCUT2D eigenvalue weighted by atomic mass is 19.1. The van der Waals surface area contributed by atoms with Crippen molar-refractivity contribution in [3.05, 3.63) is 64.6 Å². The van der Waals surface area contributed by atoms with Gasteiger partial charge in [0.2, 0.25) is 0 Å². The number of carbonyl (C=O) groups is 1. The molecule has 0 bridgehead atoms. The number of amides is 1. The van der Waals surface area contributed by atoms with Gasteiger partial charge in [-0.25, -0.2) is 4.39 Å². The van der Waals surface area contributed by atoms with Gasteiger partial charge in [0.05, 0.1) is 23.6 Å². The second-order valence-electron chi connectivity index (χ2n) is 5.61. The van der Waals surface area contributed by atoms with Crippen LogP contribution in [0.5, 0.6) is 0 Å². The van der Waals surface area contributed by atoms with Crippen molar-refractivity contribution in [1.29, 1.82) is 0 Å². The van der Waals surface area contributed by atoms with Crippen molar-refractivity contribution in [2.75, 3.05) is 5.32 Å². The number of aromatic nitrogens is 3. The van der Waals surface area contributed by atoms with E-state index in [1.54, 1.807) is 29.8 Å². The maximum absolute atomic E-state index is 13.0. The van der Waals surface area contributed by atoms with Crippen molar-refractivity contribution in [3.8, 4) is 0 Å². The average molecular weight is 328 g/mol. The average Bonchev–Trinajstić information content (AvgIpc) is 3.09. The van der Waals surface area contributed by atoms with E-state index in [1.165, 1.54) is 12.1 Å². The van der Waals surface area contributed by atoms with Crippen LogP contribution in [0.4, 0.5) is 10.1 Å². The Bertz CT molecular complexity index is 881. The smallest absolute Gasteiger partial charge is 0.277 e. The monoisotopic (exact) mass is 328 g/mol. The second-order valence-corrected chi connectivity index (χ2v) is 5.61.